The van der Waals surface area contributed by atoms with E-state index in [0.717, 1.165) is 43.4 Å². The molecule has 0 atom stereocenters. The van der Waals surface area contributed by atoms with Gasteiger partial charge in [-0.3, -0.25) is 4.79 Å². The van der Waals surface area contributed by atoms with Gasteiger partial charge < -0.3 is 19.6 Å². The standard InChI is InChI=1S/C17H20N4O3S/c1-24-14-5-3-2-4-13(14)20-8-10-21(11-9-20)16-17(19-7-6-18-16)25-12-15(22)23/h2-7H,8-12H2,1H3,(H,22,23). The number of hydrogen-bond acceptors (Lipinski definition) is 7. The summed E-state index contributed by atoms with van der Waals surface area (Å²) in [4.78, 5) is 24.0. The fourth-order valence-corrected chi connectivity index (χ4v) is 3.52. The third kappa shape index (κ3) is 4.14. The molecular weight excluding hydrogens is 340 g/mol. The summed E-state index contributed by atoms with van der Waals surface area (Å²) in [7, 11) is 1.68. The lowest BCUT2D eigenvalue weighted by molar-refractivity contribution is -0.133. The van der Waals surface area contributed by atoms with Gasteiger partial charge in [0.1, 0.15) is 10.8 Å². The number of carboxylic acids is 1. The average molecular weight is 360 g/mol. The van der Waals surface area contributed by atoms with Gasteiger partial charge in [0.2, 0.25) is 0 Å². The van der Waals surface area contributed by atoms with Crippen molar-refractivity contribution >= 4 is 29.2 Å². The van der Waals surface area contributed by atoms with Crippen LogP contribution < -0.4 is 14.5 Å². The van der Waals surface area contributed by atoms with Crippen molar-refractivity contribution < 1.29 is 14.6 Å². The number of carboxylic acid groups (broad SMARTS) is 1. The Morgan fingerprint density at radius 1 is 1.16 bits per heavy atom. The Balaban J connectivity index is 1.69. The van der Waals surface area contributed by atoms with E-state index in [1.807, 2.05) is 18.2 Å². The highest BCUT2D eigenvalue weighted by atomic mass is 32.2. The molecule has 2 heterocycles. The van der Waals surface area contributed by atoms with Gasteiger partial charge in [0, 0.05) is 38.6 Å². The molecule has 1 aromatic heterocycles. The number of rotatable bonds is 6. The maximum Gasteiger partial charge on any atom is 0.313 e. The number of ether oxygens (including phenoxy) is 1. The zero-order valence-corrected chi connectivity index (χ0v) is 14.8. The molecule has 1 N–H and O–H groups in total. The summed E-state index contributed by atoms with van der Waals surface area (Å²) in [5.41, 5.74) is 1.09. The third-order valence-corrected chi connectivity index (χ3v) is 4.94. The van der Waals surface area contributed by atoms with Crippen molar-refractivity contribution in [3.05, 3.63) is 36.7 Å². The number of hydrogen-bond donors (Lipinski definition) is 1. The first-order valence-corrected chi connectivity index (χ1v) is 8.96. The van der Waals surface area contributed by atoms with Crippen LogP contribution in [0.5, 0.6) is 5.75 Å². The number of thioether (sulfide) groups is 1. The number of carbonyl (C=O) groups is 1. The number of aromatic nitrogens is 2. The Morgan fingerprint density at radius 3 is 2.56 bits per heavy atom. The fourth-order valence-electron chi connectivity index (χ4n) is 2.82. The van der Waals surface area contributed by atoms with Gasteiger partial charge in [-0.1, -0.05) is 23.9 Å². The van der Waals surface area contributed by atoms with Crippen molar-refractivity contribution in [3.8, 4) is 5.75 Å². The smallest absolute Gasteiger partial charge is 0.313 e. The van der Waals surface area contributed by atoms with Crippen LogP contribution in [0.1, 0.15) is 0 Å². The van der Waals surface area contributed by atoms with Gasteiger partial charge in [0.25, 0.3) is 0 Å². The molecule has 0 radical (unpaired) electrons. The highest BCUT2D eigenvalue weighted by Gasteiger charge is 2.22. The molecule has 0 spiro atoms. The lowest BCUT2D eigenvalue weighted by Gasteiger charge is -2.37. The SMILES string of the molecule is COc1ccccc1N1CCN(c2nccnc2SCC(=O)O)CC1. The molecule has 2 aromatic rings. The Morgan fingerprint density at radius 2 is 1.84 bits per heavy atom. The third-order valence-electron chi connectivity index (χ3n) is 3.98. The molecule has 1 aromatic carbocycles. The van der Waals surface area contributed by atoms with Crippen LogP contribution in [0, 0.1) is 0 Å². The number of para-hydroxylation sites is 2. The maximum atomic E-state index is 10.8. The van der Waals surface area contributed by atoms with E-state index in [0.29, 0.717) is 5.03 Å². The topological polar surface area (TPSA) is 78.8 Å². The van der Waals surface area contributed by atoms with Gasteiger partial charge >= 0.3 is 5.97 Å². The Hall–Kier alpha value is -2.48. The summed E-state index contributed by atoms with van der Waals surface area (Å²) >= 11 is 1.20. The van der Waals surface area contributed by atoms with Crippen LogP contribution in [-0.4, -0.2) is 60.1 Å². The van der Waals surface area contributed by atoms with E-state index in [1.165, 1.54) is 11.8 Å². The maximum absolute atomic E-state index is 10.8. The van der Waals surface area contributed by atoms with Crippen molar-refractivity contribution in [3.63, 3.8) is 0 Å². The van der Waals surface area contributed by atoms with Crippen molar-refractivity contribution in [2.45, 2.75) is 5.03 Å². The first-order chi connectivity index (χ1) is 12.2. The van der Waals surface area contributed by atoms with Crippen LogP contribution in [0.4, 0.5) is 11.5 Å². The second-order valence-electron chi connectivity index (χ2n) is 5.51. The van der Waals surface area contributed by atoms with E-state index in [9.17, 15) is 4.79 Å². The summed E-state index contributed by atoms with van der Waals surface area (Å²) in [5, 5.41) is 9.55. The molecule has 3 rings (SSSR count). The first kappa shape index (κ1) is 17.3. The van der Waals surface area contributed by atoms with Crippen LogP contribution in [0.25, 0.3) is 0 Å². The molecular formula is C17H20N4O3S. The minimum absolute atomic E-state index is 0.0210. The lowest BCUT2D eigenvalue weighted by Crippen LogP contribution is -2.47. The average Bonchev–Trinajstić information content (AvgIpc) is 2.66. The van der Waals surface area contributed by atoms with Gasteiger partial charge in [0.15, 0.2) is 5.82 Å². The molecule has 0 amide bonds. The summed E-state index contributed by atoms with van der Waals surface area (Å²) < 4.78 is 5.45. The summed E-state index contributed by atoms with van der Waals surface area (Å²) in [5.74, 6) is 0.747. The molecule has 1 fully saturated rings. The van der Waals surface area contributed by atoms with E-state index in [-0.39, 0.29) is 5.75 Å². The normalized spacial score (nSPS) is 14.4. The molecule has 7 nitrogen and oxygen atoms in total. The predicted octanol–water partition coefficient (Wildman–Crippen LogP) is 1.99. The van der Waals surface area contributed by atoms with E-state index in [4.69, 9.17) is 9.84 Å². The molecule has 25 heavy (non-hydrogen) atoms. The highest BCUT2D eigenvalue weighted by molar-refractivity contribution is 8.00. The second-order valence-corrected chi connectivity index (χ2v) is 6.48. The van der Waals surface area contributed by atoms with E-state index < -0.39 is 5.97 Å². The van der Waals surface area contributed by atoms with Gasteiger partial charge in [-0.2, -0.15) is 0 Å². The molecule has 0 unspecified atom stereocenters. The van der Waals surface area contributed by atoms with Gasteiger partial charge in [-0.15, -0.1) is 0 Å². The fraction of sp³-hybridized carbons (Fsp3) is 0.353. The Bertz CT molecular complexity index is 735. The molecule has 0 saturated carbocycles. The summed E-state index contributed by atoms with van der Waals surface area (Å²) in [6.45, 7) is 3.24. The largest absolute Gasteiger partial charge is 0.495 e. The predicted molar refractivity (Wildman–Crippen MR) is 97.8 cm³/mol. The number of piperazine rings is 1. The number of anilines is 2. The van der Waals surface area contributed by atoms with Gasteiger partial charge in [0.05, 0.1) is 18.6 Å². The number of nitrogens with zero attached hydrogens (tertiary/aromatic N) is 4. The molecule has 0 bridgehead atoms. The quantitative estimate of drug-likeness (QED) is 0.784. The summed E-state index contributed by atoms with van der Waals surface area (Å²) in [6, 6.07) is 7.99. The Kier molecular flexibility index (Phi) is 5.60. The summed E-state index contributed by atoms with van der Waals surface area (Å²) in [6.07, 6.45) is 3.24. The van der Waals surface area contributed by atoms with E-state index in [2.05, 4.69) is 25.8 Å². The molecule has 0 aliphatic carbocycles. The first-order valence-electron chi connectivity index (χ1n) is 7.97. The number of aliphatic carboxylic acids is 1. The second kappa shape index (κ2) is 8.06. The molecule has 1 aliphatic heterocycles. The van der Waals surface area contributed by atoms with Crippen molar-refractivity contribution in [2.24, 2.45) is 0 Å². The zero-order chi connectivity index (χ0) is 17.6. The van der Waals surface area contributed by atoms with Crippen molar-refractivity contribution in [1.29, 1.82) is 0 Å². The van der Waals surface area contributed by atoms with Gasteiger partial charge in [-0.05, 0) is 12.1 Å². The van der Waals surface area contributed by atoms with Crippen LogP contribution >= 0.6 is 11.8 Å². The molecule has 1 saturated heterocycles. The minimum atomic E-state index is -0.859. The minimum Gasteiger partial charge on any atom is -0.495 e. The van der Waals surface area contributed by atoms with Gasteiger partial charge in [-0.25, -0.2) is 9.97 Å². The molecule has 1 aliphatic rings. The van der Waals surface area contributed by atoms with Crippen molar-refractivity contribution in [1.82, 2.24) is 9.97 Å². The highest BCUT2D eigenvalue weighted by Crippen LogP contribution is 2.30. The number of methoxy groups -OCH3 is 1. The monoisotopic (exact) mass is 360 g/mol. The Labute approximate surface area is 150 Å². The molecule has 132 valence electrons. The lowest BCUT2D eigenvalue weighted by atomic mass is 10.2. The van der Waals surface area contributed by atoms with E-state index in [1.54, 1.807) is 19.5 Å². The van der Waals surface area contributed by atoms with Crippen LogP contribution in [-0.2, 0) is 4.79 Å². The zero-order valence-electron chi connectivity index (χ0n) is 14.0. The van der Waals surface area contributed by atoms with Crippen LogP contribution in [0.15, 0.2) is 41.7 Å². The van der Waals surface area contributed by atoms with E-state index >= 15 is 0 Å². The number of benzene rings is 1. The molecule has 8 heteroatoms. The van der Waals surface area contributed by atoms with Crippen LogP contribution in [0.2, 0.25) is 0 Å². The van der Waals surface area contributed by atoms with Crippen LogP contribution in [0.3, 0.4) is 0 Å². The van der Waals surface area contributed by atoms with Crippen molar-refractivity contribution in [2.75, 3.05) is 48.8 Å².